The van der Waals surface area contributed by atoms with Gasteiger partial charge in [-0.2, -0.15) is 5.26 Å². The predicted octanol–water partition coefficient (Wildman–Crippen LogP) is 2.80. The van der Waals surface area contributed by atoms with Crippen molar-refractivity contribution in [3.8, 4) is 6.07 Å². The molecule has 2 aromatic rings. The number of methoxy groups -OCH3 is 2. The highest BCUT2D eigenvalue weighted by Gasteiger charge is 2.44. The molecule has 1 aliphatic rings. The molecule has 0 saturated heterocycles. The predicted molar refractivity (Wildman–Crippen MR) is 117 cm³/mol. The lowest BCUT2D eigenvalue weighted by Crippen LogP contribution is -2.41. The molecule has 1 unspecified atom stereocenters. The van der Waals surface area contributed by atoms with Crippen molar-refractivity contribution in [3.05, 3.63) is 92.4 Å². The van der Waals surface area contributed by atoms with E-state index in [1.165, 1.54) is 12.1 Å². The van der Waals surface area contributed by atoms with Crippen molar-refractivity contribution < 1.29 is 24.0 Å². The highest BCUT2D eigenvalue weighted by molar-refractivity contribution is 6.07. The molecular formula is C23H20N4O6. The summed E-state index contributed by atoms with van der Waals surface area (Å²) in [5, 5.41) is 21.8. The smallest absolute Gasteiger partial charge is 0.355 e. The van der Waals surface area contributed by atoms with Gasteiger partial charge in [0.2, 0.25) is 0 Å². The molecule has 168 valence electrons. The number of ether oxygens (including phenoxy) is 2. The minimum Gasteiger partial charge on any atom is -0.466 e. The number of carbonyl (C=O) groups is 2. The lowest BCUT2D eigenvalue weighted by atomic mass is 9.80. The molecule has 1 heterocycles. The Kier molecular flexibility index (Phi) is 6.44. The van der Waals surface area contributed by atoms with E-state index >= 15 is 0 Å². The number of allylic oxidation sites excluding steroid dienone is 1. The Bertz CT molecular complexity index is 1240. The van der Waals surface area contributed by atoms with Crippen molar-refractivity contribution in [1.29, 1.82) is 5.26 Å². The number of nitriles is 1. The van der Waals surface area contributed by atoms with E-state index in [2.05, 4.69) is 0 Å². The number of benzene rings is 2. The minimum absolute atomic E-state index is 0.0685. The first-order chi connectivity index (χ1) is 15.8. The molecular weight excluding hydrogens is 428 g/mol. The molecule has 2 aromatic carbocycles. The number of hydrogen-bond acceptors (Lipinski definition) is 9. The van der Waals surface area contributed by atoms with E-state index in [0.29, 0.717) is 11.1 Å². The summed E-state index contributed by atoms with van der Waals surface area (Å²) in [6.45, 7) is 1.58. The van der Waals surface area contributed by atoms with Gasteiger partial charge in [-0.1, -0.05) is 42.5 Å². The highest BCUT2D eigenvalue weighted by Crippen LogP contribution is 2.46. The first-order valence-corrected chi connectivity index (χ1v) is 9.68. The van der Waals surface area contributed by atoms with Gasteiger partial charge < -0.3 is 15.2 Å². The fraction of sp³-hybridized carbons (Fsp3) is 0.174. The Morgan fingerprint density at radius 2 is 1.73 bits per heavy atom. The van der Waals surface area contributed by atoms with Crippen molar-refractivity contribution in [2.75, 3.05) is 19.1 Å². The maximum Gasteiger partial charge on any atom is 0.355 e. The van der Waals surface area contributed by atoms with Crippen LogP contribution in [0.4, 0.5) is 11.4 Å². The van der Waals surface area contributed by atoms with Crippen LogP contribution in [0.15, 0.2) is 71.2 Å². The van der Waals surface area contributed by atoms with Crippen molar-refractivity contribution in [3.63, 3.8) is 0 Å². The van der Waals surface area contributed by atoms with Crippen LogP contribution in [-0.4, -0.2) is 31.1 Å². The summed E-state index contributed by atoms with van der Waals surface area (Å²) in [4.78, 5) is 38.2. The van der Waals surface area contributed by atoms with Crippen LogP contribution in [0.1, 0.15) is 17.0 Å². The molecule has 3 rings (SSSR count). The van der Waals surface area contributed by atoms with E-state index in [4.69, 9.17) is 15.2 Å². The van der Waals surface area contributed by atoms with Gasteiger partial charge in [-0.15, -0.1) is 0 Å². The molecule has 1 aliphatic heterocycles. The largest absolute Gasteiger partial charge is 0.466 e. The van der Waals surface area contributed by atoms with Crippen molar-refractivity contribution in [1.82, 2.24) is 0 Å². The average Bonchev–Trinajstić information content (AvgIpc) is 2.82. The van der Waals surface area contributed by atoms with E-state index in [1.54, 1.807) is 43.3 Å². The molecule has 0 amide bonds. The minimum atomic E-state index is -1.06. The summed E-state index contributed by atoms with van der Waals surface area (Å²) >= 11 is 0. The van der Waals surface area contributed by atoms with E-state index in [1.807, 2.05) is 6.07 Å². The third kappa shape index (κ3) is 3.87. The third-order valence-corrected chi connectivity index (χ3v) is 5.25. The number of rotatable bonds is 5. The highest BCUT2D eigenvalue weighted by atomic mass is 16.6. The molecule has 0 saturated carbocycles. The average molecular weight is 448 g/mol. The molecule has 0 aliphatic carbocycles. The second-order valence-electron chi connectivity index (χ2n) is 7.04. The Labute approximate surface area is 189 Å². The number of para-hydroxylation sites is 1. The zero-order valence-electron chi connectivity index (χ0n) is 18.1. The summed E-state index contributed by atoms with van der Waals surface area (Å²) in [6.07, 6.45) is 0. The second kappa shape index (κ2) is 9.23. The van der Waals surface area contributed by atoms with Gasteiger partial charge in [0, 0.05) is 6.07 Å². The van der Waals surface area contributed by atoms with Gasteiger partial charge in [0.15, 0.2) is 0 Å². The Hall–Kier alpha value is -4.65. The molecule has 1 atom stereocenters. The quantitative estimate of drug-likeness (QED) is 0.414. The normalized spacial score (nSPS) is 15.7. The first-order valence-electron chi connectivity index (χ1n) is 9.68. The van der Waals surface area contributed by atoms with Gasteiger partial charge in [-0.25, -0.2) is 9.59 Å². The van der Waals surface area contributed by atoms with Gasteiger partial charge in [0.25, 0.3) is 5.69 Å². The standard InChI is InChI=1S/C23H20N4O6/c1-13-8-7-11-16(27(30)31)19(13)26-20(23(29)33-3)18(22(28)32-2)17(15(12-24)21(26)25)14-9-5-4-6-10-14/h4-11,17H,25H2,1-3H3. The zero-order chi connectivity index (χ0) is 24.3. The SMILES string of the molecule is COC(=O)C1=C(C(=O)OC)N(c2c(C)cccc2[N+](=O)[O-])C(N)=C(C#N)C1c1ccccc1. The lowest BCUT2D eigenvalue weighted by Gasteiger charge is -2.36. The van der Waals surface area contributed by atoms with Gasteiger partial charge in [-0.3, -0.25) is 15.0 Å². The Balaban J connectivity index is 2.51. The molecule has 10 heteroatoms. The number of nitro groups is 1. The summed E-state index contributed by atoms with van der Waals surface area (Å²) in [5.74, 6) is -3.19. The zero-order valence-corrected chi connectivity index (χ0v) is 18.1. The van der Waals surface area contributed by atoms with Crippen LogP contribution in [0.5, 0.6) is 0 Å². The number of nitro benzene ring substituents is 1. The van der Waals surface area contributed by atoms with Crippen LogP contribution >= 0.6 is 0 Å². The third-order valence-electron chi connectivity index (χ3n) is 5.25. The Morgan fingerprint density at radius 1 is 1.09 bits per heavy atom. The summed E-state index contributed by atoms with van der Waals surface area (Å²) in [7, 11) is 2.23. The fourth-order valence-electron chi connectivity index (χ4n) is 3.83. The van der Waals surface area contributed by atoms with E-state index < -0.39 is 22.8 Å². The molecule has 0 bridgehead atoms. The Morgan fingerprint density at radius 3 is 2.27 bits per heavy atom. The fourth-order valence-corrected chi connectivity index (χ4v) is 3.83. The summed E-state index contributed by atoms with van der Waals surface area (Å²) in [6, 6.07) is 14.8. The molecule has 0 fully saturated rings. The number of esters is 2. The monoisotopic (exact) mass is 448 g/mol. The lowest BCUT2D eigenvalue weighted by molar-refractivity contribution is -0.384. The maximum absolute atomic E-state index is 13.0. The van der Waals surface area contributed by atoms with Crippen molar-refractivity contribution in [2.24, 2.45) is 5.73 Å². The molecule has 0 aromatic heterocycles. The van der Waals surface area contributed by atoms with Crippen molar-refractivity contribution >= 4 is 23.3 Å². The van der Waals surface area contributed by atoms with Crippen LogP contribution in [-0.2, 0) is 19.1 Å². The summed E-state index contributed by atoms with van der Waals surface area (Å²) < 4.78 is 9.88. The van der Waals surface area contributed by atoms with Gasteiger partial charge in [0.1, 0.15) is 17.2 Å². The van der Waals surface area contributed by atoms with Gasteiger partial charge >= 0.3 is 11.9 Å². The molecule has 10 nitrogen and oxygen atoms in total. The second-order valence-corrected chi connectivity index (χ2v) is 7.04. The number of hydrogen-bond donors (Lipinski definition) is 1. The van der Waals surface area contributed by atoms with Crippen molar-refractivity contribution in [2.45, 2.75) is 12.8 Å². The van der Waals surface area contributed by atoms with Crippen LogP contribution in [0.2, 0.25) is 0 Å². The molecule has 0 spiro atoms. The topological polar surface area (TPSA) is 149 Å². The van der Waals surface area contributed by atoms with Crippen LogP contribution in [0.25, 0.3) is 0 Å². The van der Waals surface area contributed by atoms with E-state index in [-0.39, 0.29) is 34.0 Å². The van der Waals surface area contributed by atoms with E-state index in [9.17, 15) is 25.0 Å². The molecule has 33 heavy (non-hydrogen) atoms. The van der Waals surface area contributed by atoms with Gasteiger partial charge in [-0.05, 0) is 18.1 Å². The van der Waals surface area contributed by atoms with Crippen LogP contribution < -0.4 is 10.6 Å². The van der Waals surface area contributed by atoms with Gasteiger partial charge in [0.05, 0.1) is 42.3 Å². The molecule has 0 radical (unpaired) electrons. The maximum atomic E-state index is 13.0. The number of carbonyl (C=O) groups excluding carboxylic acids is 2. The number of anilines is 1. The number of nitrogens with zero attached hydrogens (tertiary/aromatic N) is 3. The summed E-state index contributed by atoms with van der Waals surface area (Å²) in [5.41, 5.74) is 6.15. The van der Waals surface area contributed by atoms with Crippen LogP contribution in [0, 0.1) is 28.4 Å². The number of aryl methyl sites for hydroxylation is 1. The molecule has 2 N–H and O–H groups in total. The van der Waals surface area contributed by atoms with Crippen LogP contribution in [0.3, 0.4) is 0 Å². The number of nitrogens with two attached hydrogens (primary N) is 1. The van der Waals surface area contributed by atoms with E-state index in [0.717, 1.165) is 19.1 Å². The first kappa shape index (κ1) is 23.0.